The van der Waals surface area contributed by atoms with Crippen molar-refractivity contribution in [3.63, 3.8) is 0 Å². The van der Waals surface area contributed by atoms with Crippen molar-refractivity contribution in [2.24, 2.45) is 0 Å². The second kappa shape index (κ2) is 10.4. The molecule has 2 aromatic rings. The normalized spacial score (nSPS) is 13.3. The number of nitro benzene ring substituents is 1. The summed E-state index contributed by atoms with van der Waals surface area (Å²) in [5, 5.41) is 13.9. The Bertz CT molecular complexity index is 982. The number of nitrogens with one attached hydrogen (secondary N) is 1. The highest BCUT2D eigenvalue weighted by Gasteiger charge is 2.31. The van der Waals surface area contributed by atoms with Crippen LogP contribution in [0, 0.1) is 17.0 Å². The number of carbonyl (C=O) groups excluding carboxylic acids is 1. The van der Waals surface area contributed by atoms with Crippen LogP contribution in [-0.4, -0.2) is 41.5 Å². The maximum absolute atomic E-state index is 12.7. The molecular weight excluding hydrogens is 424 g/mol. The van der Waals surface area contributed by atoms with Crippen LogP contribution in [0.25, 0.3) is 0 Å². The maximum Gasteiger partial charge on any atom is 0.387 e. The van der Waals surface area contributed by atoms with Crippen molar-refractivity contribution in [1.82, 2.24) is 4.90 Å². The molecule has 0 atom stereocenters. The number of carbonyl (C=O) groups is 1. The van der Waals surface area contributed by atoms with Crippen molar-refractivity contribution in [2.45, 2.75) is 45.9 Å². The zero-order valence-corrected chi connectivity index (χ0v) is 17.8. The van der Waals surface area contributed by atoms with E-state index in [-0.39, 0.29) is 35.7 Å². The van der Waals surface area contributed by atoms with Gasteiger partial charge in [0.15, 0.2) is 11.5 Å². The average Bonchev–Trinajstić information content (AvgIpc) is 3.56. The Morgan fingerprint density at radius 2 is 2.03 bits per heavy atom. The molecule has 0 spiro atoms. The summed E-state index contributed by atoms with van der Waals surface area (Å²) in [4.78, 5) is 25.3. The molecule has 1 saturated carbocycles. The molecule has 172 valence electrons. The van der Waals surface area contributed by atoms with Crippen molar-refractivity contribution in [3.8, 4) is 11.5 Å². The lowest BCUT2D eigenvalue weighted by atomic mass is 10.1. The molecule has 10 heteroatoms. The standard InChI is InChI=1S/C22H25F2N3O5/c1-3-31-20-11-15(7-10-19(20)32-22(23)24)12-26(16-8-9-16)13-21(28)25-17-5-4-6-18(14(17)2)27(29)30/h4-7,10-11,16,22H,3,8-9,12-13H2,1-2H3,(H,25,28). The number of nitrogens with zero attached hydrogens (tertiary/aromatic N) is 2. The van der Waals surface area contributed by atoms with Gasteiger partial charge in [-0.05, 0) is 50.5 Å². The largest absolute Gasteiger partial charge is 0.490 e. The van der Waals surface area contributed by atoms with E-state index < -0.39 is 11.5 Å². The molecule has 0 heterocycles. The van der Waals surface area contributed by atoms with E-state index in [4.69, 9.17) is 4.74 Å². The lowest BCUT2D eigenvalue weighted by Gasteiger charge is -2.22. The Kier molecular flexibility index (Phi) is 7.57. The lowest BCUT2D eigenvalue weighted by molar-refractivity contribution is -0.385. The van der Waals surface area contributed by atoms with E-state index >= 15 is 0 Å². The first-order valence-corrected chi connectivity index (χ1v) is 10.3. The molecule has 1 amide bonds. The van der Waals surface area contributed by atoms with Crippen molar-refractivity contribution >= 4 is 17.3 Å². The van der Waals surface area contributed by atoms with Crippen LogP contribution in [0.15, 0.2) is 36.4 Å². The van der Waals surface area contributed by atoms with E-state index in [0.717, 1.165) is 18.4 Å². The Morgan fingerprint density at radius 1 is 1.28 bits per heavy atom. The topological polar surface area (TPSA) is 93.9 Å². The summed E-state index contributed by atoms with van der Waals surface area (Å²) < 4.78 is 35.2. The van der Waals surface area contributed by atoms with Gasteiger partial charge in [-0.1, -0.05) is 12.1 Å². The van der Waals surface area contributed by atoms with Gasteiger partial charge in [0.2, 0.25) is 5.91 Å². The zero-order chi connectivity index (χ0) is 23.3. The highest BCUT2D eigenvalue weighted by molar-refractivity contribution is 5.93. The molecule has 0 saturated heterocycles. The fourth-order valence-corrected chi connectivity index (χ4v) is 3.43. The van der Waals surface area contributed by atoms with Gasteiger partial charge < -0.3 is 14.8 Å². The number of hydrogen-bond donors (Lipinski definition) is 1. The smallest absolute Gasteiger partial charge is 0.387 e. The molecule has 0 unspecified atom stereocenters. The molecule has 0 bridgehead atoms. The predicted molar refractivity (Wildman–Crippen MR) is 114 cm³/mol. The minimum atomic E-state index is -2.95. The minimum absolute atomic E-state index is 0.0394. The van der Waals surface area contributed by atoms with Crippen LogP contribution < -0.4 is 14.8 Å². The zero-order valence-electron chi connectivity index (χ0n) is 17.8. The first-order chi connectivity index (χ1) is 15.3. The Morgan fingerprint density at radius 3 is 2.66 bits per heavy atom. The number of hydrogen-bond acceptors (Lipinski definition) is 6. The van der Waals surface area contributed by atoms with Crippen molar-refractivity contribution < 1.29 is 28.0 Å². The highest BCUT2D eigenvalue weighted by Crippen LogP contribution is 2.33. The van der Waals surface area contributed by atoms with Crippen molar-refractivity contribution in [3.05, 3.63) is 57.6 Å². The highest BCUT2D eigenvalue weighted by atomic mass is 19.3. The Hall–Kier alpha value is -3.27. The van der Waals surface area contributed by atoms with Gasteiger partial charge >= 0.3 is 6.61 Å². The average molecular weight is 449 g/mol. The lowest BCUT2D eigenvalue weighted by Crippen LogP contribution is -2.34. The second-order valence-corrected chi connectivity index (χ2v) is 7.48. The number of anilines is 1. The van der Waals surface area contributed by atoms with Gasteiger partial charge in [0.1, 0.15) is 0 Å². The predicted octanol–water partition coefficient (Wildman–Crippen LogP) is 4.51. The number of halogens is 2. The van der Waals surface area contributed by atoms with Crippen LogP contribution in [-0.2, 0) is 11.3 Å². The van der Waals surface area contributed by atoms with Gasteiger partial charge in [-0.25, -0.2) is 0 Å². The third-order valence-electron chi connectivity index (χ3n) is 5.10. The van der Waals surface area contributed by atoms with Crippen LogP contribution in [0.2, 0.25) is 0 Å². The quantitative estimate of drug-likeness (QED) is 0.401. The van der Waals surface area contributed by atoms with Gasteiger partial charge in [0, 0.05) is 18.7 Å². The molecule has 2 aromatic carbocycles. The molecule has 1 N–H and O–H groups in total. The molecule has 8 nitrogen and oxygen atoms in total. The molecule has 3 rings (SSSR count). The number of ether oxygens (including phenoxy) is 2. The number of nitro groups is 1. The number of rotatable bonds is 11. The van der Waals surface area contributed by atoms with Gasteiger partial charge in [-0.2, -0.15) is 8.78 Å². The minimum Gasteiger partial charge on any atom is -0.490 e. The van der Waals surface area contributed by atoms with E-state index in [0.29, 0.717) is 24.4 Å². The van der Waals surface area contributed by atoms with Gasteiger partial charge in [-0.3, -0.25) is 19.8 Å². The van der Waals surface area contributed by atoms with E-state index in [1.165, 1.54) is 18.2 Å². The molecule has 0 aromatic heterocycles. The summed E-state index contributed by atoms with van der Waals surface area (Å²) in [6, 6.07) is 9.51. The SMILES string of the molecule is CCOc1cc(CN(CC(=O)Nc2cccc([N+](=O)[O-])c2C)C2CC2)ccc1OC(F)F. The van der Waals surface area contributed by atoms with E-state index in [1.54, 1.807) is 32.0 Å². The molecule has 0 radical (unpaired) electrons. The van der Waals surface area contributed by atoms with Crippen LogP contribution in [0.4, 0.5) is 20.2 Å². The van der Waals surface area contributed by atoms with Gasteiger partial charge in [-0.15, -0.1) is 0 Å². The van der Waals surface area contributed by atoms with E-state index in [9.17, 15) is 23.7 Å². The number of alkyl halides is 2. The number of benzene rings is 2. The maximum atomic E-state index is 12.7. The molecule has 32 heavy (non-hydrogen) atoms. The molecule has 1 aliphatic carbocycles. The second-order valence-electron chi connectivity index (χ2n) is 7.48. The van der Waals surface area contributed by atoms with Crippen LogP contribution in [0.1, 0.15) is 30.9 Å². The van der Waals surface area contributed by atoms with Gasteiger partial charge in [0.25, 0.3) is 5.69 Å². The third kappa shape index (κ3) is 6.13. The van der Waals surface area contributed by atoms with Crippen molar-refractivity contribution in [2.75, 3.05) is 18.5 Å². The Balaban J connectivity index is 1.70. The summed E-state index contributed by atoms with van der Waals surface area (Å²) in [5.74, 6) is -0.108. The first-order valence-electron chi connectivity index (χ1n) is 10.3. The van der Waals surface area contributed by atoms with Crippen LogP contribution in [0.5, 0.6) is 11.5 Å². The summed E-state index contributed by atoms with van der Waals surface area (Å²) in [5.41, 5.74) is 1.52. The third-order valence-corrected chi connectivity index (χ3v) is 5.10. The van der Waals surface area contributed by atoms with Crippen molar-refractivity contribution in [1.29, 1.82) is 0 Å². The molecular formula is C22H25F2N3O5. The monoisotopic (exact) mass is 449 g/mol. The summed E-state index contributed by atoms with van der Waals surface area (Å²) >= 11 is 0. The van der Waals surface area contributed by atoms with Crippen LogP contribution >= 0.6 is 0 Å². The van der Waals surface area contributed by atoms with Crippen LogP contribution in [0.3, 0.4) is 0 Å². The summed E-state index contributed by atoms with van der Waals surface area (Å²) in [7, 11) is 0. The fourth-order valence-electron chi connectivity index (χ4n) is 3.43. The molecule has 0 aliphatic heterocycles. The first kappa shape index (κ1) is 23.4. The fraction of sp³-hybridized carbons (Fsp3) is 0.409. The summed E-state index contributed by atoms with van der Waals surface area (Å²) in [6.07, 6.45) is 1.90. The van der Waals surface area contributed by atoms with E-state index in [2.05, 4.69) is 10.1 Å². The number of amides is 1. The van der Waals surface area contributed by atoms with E-state index in [1.807, 2.05) is 4.90 Å². The molecule has 1 aliphatic rings. The Labute approximate surface area is 184 Å². The van der Waals surface area contributed by atoms with Gasteiger partial charge in [0.05, 0.1) is 29.3 Å². The molecule has 1 fully saturated rings. The summed E-state index contributed by atoms with van der Waals surface area (Å²) in [6.45, 7) is 1.18.